The summed E-state index contributed by atoms with van der Waals surface area (Å²) >= 11 is 0. The van der Waals surface area contributed by atoms with Gasteiger partial charge in [0.05, 0.1) is 7.11 Å². The van der Waals surface area contributed by atoms with E-state index < -0.39 is 6.10 Å². The van der Waals surface area contributed by atoms with Gasteiger partial charge in [-0.3, -0.25) is 0 Å². The van der Waals surface area contributed by atoms with Crippen molar-refractivity contribution in [3.63, 3.8) is 0 Å². The molecule has 1 fully saturated rings. The van der Waals surface area contributed by atoms with Crippen LogP contribution in [-0.2, 0) is 4.84 Å². The molecule has 3 heteroatoms. The zero-order chi connectivity index (χ0) is 10.3. The summed E-state index contributed by atoms with van der Waals surface area (Å²) in [7, 11) is 1.68. The smallest absolute Gasteiger partial charge is 0.0575 e. The second-order valence-corrected chi connectivity index (χ2v) is 5.13. The van der Waals surface area contributed by atoms with Crippen LogP contribution in [0.25, 0.3) is 0 Å². The van der Waals surface area contributed by atoms with Crippen LogP contribution >= 0.6 is 0 Å². The van der Waals surface area contributed by atoms with Gasteiger partial charge in [0.15, 0.2) is 0 Å². The molecule has 0 spiro atoms. The molecule has 0 amide bonds. The van der Waals surface area contributed by atoms with Crippen LogP contribution in [-0.4, -0.2) is 29.4 Å². The Morgan fingerprint density at radius 2 is 1.54 bits per heavy atom. The first-order valence-electron chi connectivity index (χ1n) is 4.80. The minimum absolute atomic E-state index is 0.150. The Morgan fingerprint density at radius 1 is 1.15 bits per heavy atom. The molecular formula is C10H20NO2-. The Kier molecular flexibility index (Phi) is 2.72. The zero-order valence-electron chi connectivity index (χ0n) is 9.26. The molecule has 0 unspecified atom stereocenters. The summed E-state index contributed by atoms with van der Waals surface area (Å²) in [5, 5.41) is 13.5. The highest BCUT2D eigenvalue weighted by atomic mass is 16.7. The van der Waals surface area contributed by atoms with Crippen molar-refractivity contribution in [2.45, 2.75) is 57.7 Å². The minimum atomic E-state index is -0.462. The van der Waals surface area contributed by atoms with Crippen molar-refractivity contribution in [2.75, 3.05) is 7.11 Å². The fourth-order valence-corrected chi connectivity index (χ4v) is 2.67. The normalized spacial score (nSPS) is 29.1. The molecule has 1 aliphatic rings. The number of piperidine rings is 1. The summed E-state index contributed by atoms with van der Waals surface area (Å²) in [5.74, 6) is 0. The summed E-state index contributed by atoms with van der Waals surface area (Å²) < 4.78 is 0. The van der Waals surface area contributed by atoms with E-state index in [1.54, 1.807) is 7.11 Å². The van der Waals surface area contributed by atoms with Gasteiger partial charge >= 0.3 is 0 Å². The van der Waals surface area contributed by atoms with Gasteiger partial charge in [-0.15, -0.1) is 6.10 Å². The molecule has 0 aromatic rings. The maximum absolute atomic E-state index is 11.6. The van der Waals surface area contributed by atoms with E-state index in [1.165, 1.54) is 0 Å². The second kappa shape index (κ2) is 3.23. The largest absolute Gasteiger partial charge is 0.852 e. The topological polar surface area (TPSA) is 35.5 Å². The van der Waals surface area contributed by atoms with Gasteiger partial charge in [0.1, 0.15) is 0 Å². The molecule has 3 nitrogen and oxygen atoms in total. The molecule has 0 aliphatic carbocycles. The maximum Gasteiger partial charge on any atom is 0.0575 e. The van der Waals surface area contributed by atoms with Gasteiger partial charge in [-0.1, -0.05) is 0 Å². The van der Waals surface area contributed by atoms with Crippen LogP contribution in [0.15, 0.2) is 0 Å². The van der Waals surface area contributed by atoms with Gasteiger partial charge in [0, 0.05) is 11.1 Å². The van der Waals surface area contributed by atoms with E-state index in [4.69, 9.17) is 4.84 Å². The van der Waals surface area contributed by atoms with Gasteiger partial charge in [-0.05, 0) is 40.5 Å². The van der Waals surface area contributed by atoms with Crippen LogP contribution in [0, 0.1) is 0 Å². The zero-order valence-corrected chi connectivity index (χ0v) is 9.26. The molecule has 1 rings (SSSR count). The fourth-order valence-electron chi connectivity index (χ4n) is 2.67. The van der Waals surface area contributed by atoms with Crippen LogP contribution in [0.1, 0.15) is 40.5 Å². The molecule has 78 valence electrons. The molecule has 0 N–H and O–H groups in total. The first kappa shape index (κ1) is 11.0. The Bertz CT molecular complexity index is 171. The number of nitrogens with zero attached hydrogens (tertiary/aromatic N) is 1. The van der Waals surface area contributed by atoms with E-state index in [2.05, 4.69) is 27.7 Å². The average Bonchev–Trinajstić information content (AvgIpc) is 1.79. The van der Waals surface area contributed by atoms with Crippen LogP contribution in [0.5, 0.6) is 0 Å². The number of rotatable bonds is 1. The van der Waals surface area contributed by atoms with Gasteiger partial charge in [-0.2, -0.15) is 5.06 Å². The molecule has 1 heterocycles. The van der Waals surface area contributed by atoms with Crippen LogP contribution in [0.4, 0.5) is 0 Å². The molecule has 0 bridgehead atoms. The van der Waals surface area contributed by atoms with Gasteiger partial charge in [-0.25, -0.2) is 0 Å². The van der Waals surface area contributed by atoms with Crippen molar-refractivity contribution in [3.05, 3.63) is 0 Å². The summed E-state index contributed by atoms with van der Waals surface area (Å²) in [6, 6.07) is 0. The third kappa shape index (κ3) is 2.03. The molecule has 0 saturated carbocycles. The molecule has 13 heavy (non-hydrogen) atoms. The summed E-state index contributed by atoms with van der Waals surface area (Å²) in [5.41, 5.74) is -0.300. The average molecular weight is 186 g/mol. The highest BCUT2D eigenvalue weighted by Crippen LogP contribution is 2.37. The summed E-state index contributed by atoms with van der Waals surface area (Å²) in [6.07, 6.45) is 0.852. The van der Waals surface area contributed by atoms with E-state index in [0.717, 1.165) is 0 Å². The van der Waals surface area contributed by atoms with Crippen molar-refractivity contribution in [1.29, 1.82) is 0 Å². The van der Waals surface area contributed by atoms with Crippen LogP contribution in [0.3, 0.4) is 0 Å². The molecular weight excluding hydrogens is 166 g/mol. The quantitative estimate of drug-likeness (QED) is 0.611. The van der Waals surface area contributed by atoms with Gasteiger partial charge < -0.3 is 9.94 Å². The lowest BCUT2D eigenvalue weighted by Gasteiger charge is -2.55. The molecule has 0 aromatic heterocycles. The second-order valence-electron chi connectivity index (χ2n) is 5.13. The van der Waals surface area contributed by atoms with Crippen LogP contribution in [0.2, 0.25) is 0 Å². The molecule has 0 aromatic carbocycles. The Morgan fingerprint density at radius 3 is 1.85 bits per heavy atom. The predicted molar refractivity (Wildman–Crippen MR) is 50.0 cm³/mol. The third-order valence-electron chi connectivity index (χ3n) is 2.74. The molecule has 1 saturated heterocycles. The van der Waals surface area contributed by atoms with Crippen molar-refractivity contribution >= 4 is 0 Å². The summed E-state index contributed by atoms with van der Waals surface area (Å²) in [6.45, 7) is 8.23. The summed E-state index contributed by atoms with van der Waals surface area (Å²) in [4.78, 5) is 5.36. The monoisotopic (exact) mass is 186 g/mol. The third-order valence-corrected chi connectivity index (χ3v) is 2.74. The fraction of sp³-hybridized carbons (Fsp3) is 1.00. The van der Waals surface area contributed by atoms with E-state index in [-0.39, 0.29) is 11.1 Å². The molecule has 0 atom stereocenters. The predicted octanol–water partition coefficient (Wildman–Crippen LogP) is 0.930. The van der Waals surface area contributed by atoms with E-state index in [0.29, 0.717) is 12.8 Å². The SMILES string of the molecule is CON1C(C)(C)CC([O-])CC1(C)C. The van der Waals surface area contributed by atoms with E-state index in [9.17, 15) is 5.11 Å². The number of hydrogen-bond acceptors (Lipinski definition) is 3. The van der Waals surface area contributed by atoms with Crippen LogP contribution < -0.4 is 5.11 Å². The minimum Gasteiger partial charge on any atom is -0.852 e. The first-order chi connectivity index (χ1) is 5.79. The Labute approximate surface area is 80.6 Å². The van der Waals surface area contributed by atoms with E-state index >= 15 is 0 Å². The van der Waals surface area contributed by atoms with Crippen molar-refractivity contribution in [3.8, 4) is 0 Å². The lowest BCUT2D eigenvalue weighted by molar-refractivity contribution is -0.450. The lowest BCUT2D eigenvalue weighted by atomic mass is 9.80. The highest BCUT2D eigenvalue weighted by Gasteiger charge is 2.42. The number of hydrogen-bond donors (Lipinski definition) is 0. The van der Waals surface area contributed by atoms with Gasteiger partial charge in [0.25, 0.3) is 0 Å². The Hall–Kier alpha value is -0.120. The highest BCUT2D eigenvalue weighted by molar-refractivity contribution is 4.95. The van der Waals surface area contributed by atoms with Crippen molar-refractivity contribution in [1.82, 2.24) is 5.06 Å². The van der Waals surface area contributed by atoms with E-state index in [1.807, 2.05) is 5.06 Å². The lowest BCUT2D eigenvalue weighted by Crippen LogP contribution is -2.63. The molecule has 0 radical (unpaired) electrons. The standard InChI is InChI=1S/C10H20NO2/c1-9(2)6-8(12)7-10(3,4)11(9)13-5/h8H,6-7H2,1-5H3/q-1. The van der Waals surface area contributed by atoms with Crippen molar-refractivity contribution in [2.24, 2.45) is 0 Å². The van der Waals surface area contributed by atoms with Crippen molar-refractivity contribution < 1.29 is 9.94 Å². The Balaban J connectivity index is 2.88. The number of hydroxylamine groups is 2. The van der Waals surface area contributed by atoms with Gasteiger partial charge in [0.2, 0.25) is 0 Å². The molecule has 1 aliphatic heterocycles. The first-order valence-corrected chi connectivity index (χ1v) is 4.80. The maximum atomic E-state index is 11.6.